The first-order valence-electron chi connectivity index (χ1n) is 22.0. The molecule has 2 aliphatic rings. The Bertz CT molecular complexity index is 2620. The topological polar surface area (TPSA) is 96.0 Å². The van der Waals surface area contributed by atoms with Crippen LogP contribution in [0.5, 0.6) is 34.5 Å². The number of methoxy groups -OCH3 is 4. The van der Waals surface area contributed by atoms with Gasteiger partial charge in [-0.15, -0.1) is 0 Å². The highest BCUT2D eigenvalue weighted by Gasteiger charge is 2.38. The number of halogens is 2. The summed E-state index contributed by atoms with van der Waals surface area (Å²) in [5.74, 6) is 4.47. The van der Waals surface area contributed by atoms with Crippen molar-refractivity contribution < 1.29 is 38.0 Å². The lowest BCUT2D eigenvalue weighted by Gasteiger charge is -2.38. The zero-order chi connectivity index (χ0) is 47.1. The predicted octanol–water partition coefficient (Wildman–Crippen LogP) is 12.3. The molecule has 3 unspecified atom stereocenters. The van der Waals surface area contributed by atoms with Crippen LogP contribution in [-0.2, 0) is 22.4 Å². The van der Waals surface area contributed by atoms with Crippen LogP contribution >= 0.6 is 23.2 Å². The Balaban J connectivity index is 0.000000196. The maximum atomic E-state index is 13.5. The van der Waals surface area contributed by atoms with Gasteiger partial charge in [-0.3, -0.25) is 9.59 Å². The van der Waals surface area contributed by atoms with Crippen LogP contribution in [0, 0.1) is 5.92 Å². The van der Waals surface area contributed by atoms with Gasteiger partial charge in [-0.25, -0.2) is 0 Å². The van der Waals surface area contributed by atoms with E-state index in [1.165, 1.54) is 0 Å². The molecule has 10 nitrogen and oxygen atoms in total. The van der Waals surface area contributed by atoms with Crippen LogP contribution in [0.25, 0.3) is 0 Å². The quantitative estimate of drug-likeness (QED) is 0.107. The van der Waals surface area contributed by atoms with E-state index >= 15 is 0 Å². The summed E-state index contributed by atoms with van der Waals surface area (Å²) >= 11 is 12.3. The van der Waals surface area contributed by atoms with Crippen LogP contribution in [0.1, 0.15) is 79.6 Å². The zero-order valence-electron chi connectivity index (χ0n) is 38.6. The standard InChI is InChI=1S/2C27H28ClNO4/c1-17(2)16-33-25-15-23-19(13-24(25)32-4)14-26(30)29(21-9-11-22(31-3)12-10-21)27(23)18-5-7-20(28)8-6-18;1-5-17(2)33-25-16-23-19(14-24(25)32-4)15-26(30)29(21-10-12-22(31-3)13-11-21)27(23)18-6-8-20(28)9-7-18/h5-13,15,17,27H,14,16H2,1-4H3;6-14,16-17,27H,5,15H2,1-4H3. The molecule has 2 aliphatic heterocycles. The highest BCUT2D eigenvalue weighted by molar-refractivity contribution is 6.30. The Labute approximate surface area is 397 Å². The average molecular weight is 932 g/mol. The monoisotopic (exact) mass is 930 g/mol. The summed E-state index contributed by atoms with van der Waals surface area (Å²) in [6, 6.07) is 37.5. The smallest absolute Gasteiger partial charge is 0.232 e. The molecule has 0 saturated carbocycles. The molecule has 0 bridgehead atoms. The van der Waals surface area contributed by atoms with Gasteiger partial charge >= 0.3 is 0 Å². The maximum Gasteiger partial charge on any atom is 0.232 e. The number of carbonyl (C=O) groups is 2. The van der Waals surface area contributed by atoms with Crippen molar-refractivity contribution in [1.29, 1.82) is 0 Å². The van der Waals surface area contributed by atoms with E-state index in [0.717, 1.165) is 62.7 Å². The molecule has 0 aliphatic carbocycles. The van der Waals surface area contributed by atoms with E-state index in [9.17, 15) is 9.59 Å². The fourth-order valence-corrected chi connectivity index (χ4v) is 8.46. The molecule has 2 heterocycles. The fourth-order valence-electron chi connectivity index (χ4n) is 8.21. The average Bonchev–Trinajstić information content (AvgIpc) is 3.33. The summed E-state index contributed by atoms with van der Waals surface area (Å²) in [6.45, 7) is 8.89. The van der Waals surface area contributed by atoms with Crippen LogP contribution in [-0.4, -0.2) is 53.0 Å². The Morgan fingerprint density at radius 1 is 0.545 bits per heavy atom. The van der Waals surface area contributed by atoms with Gasteiger partial charge in [0, 0.05) is 21.4 Å². The molecule has 0 saturated heterocycles. The van der Waals surface area contributed by atoms with Gasteiger partial charge in [0.15, 0.2) is 23.0 Å². The number of hydrogen-bond acceptors (Lipinski definition) is 8. The third kappa shape index (κ3) is 10.5. The van der Waals surface area contributed by atoms with Crippen molar-refractivity contribution in [2.24, 2.45) is 5.92 Å². The molecule has 344 valence electrons. The molecule has 66 heavy (non-hydrogen) atoms. The normalized spacial score (nSPS) is 15.8. The predicted molar refractivity (Wildman–Crippen MR) is 262 cm³/mol. The second-order valence-corrected chi connectivity index (χ2v) is 17.5. The van der Waals surface area contributed by atoms with Crippen LogP contribution < -0.4 is 38.2 Å². The first kappa shape index (κ1) is 47.6. The summed E-state index contributed by atoms with van der Waals surface area (Å²) in [5, 5.41) is 1.29. The van der Waals surface area contributed by atoms with Crippen LogP contribution in [0.2, 0.25) is 10.0 Å². The largest absolute Gasteiger partial charge is 0.497 e. The summed E-state index contributed by atoms with van der Waals surface area (Å²) in [5.41, 5.74) is 7.39. The lowest BCUT2D eigenvalue weighted by Crippen LogP contribution is -2.41. The van der Waals surface area contributed by atoms with Crippen LogP contribution in [0.3, 0.4) is 0 Å². The lowest BCUT2D eigenvalue weighted by molar-refractivity contribution is -0.119. The van der Waals surface area contributed by atoms with Gasteiger partial charge in [0.2, 0.25) is 11.8 Å². The molecule has 0 aromatic heterocycles. The number of amides is 2. The minimum absolute atomic E-state index is 0.00487. The number of ether oxygens (including phenoxy) is 6. The molecule has 6 aromatic rings. The molecule has 0 fully saturated rings. The number of rotatable bonds is 14. The van der Waals surface area contributed by atoms with Crippen molar-refractivity contribution in [1.82, 2.24) is 0 Å². The summed E-state index contributed by atoms with van der Waals surface area (Å²) < 4.78 is 34.1. The number of benzene rings is 6. The molecule has 0 spiro atoms. The molecule has 6 aromatic carbocycles. The summed E-state index contributed by atoms with van der Waals surface area (Å²) in [4.78, 5) is 30.6. The van der Waals surface area contributed by atoms with E-state index in [1.807, 2.05) is 138 Å². The Kier molecular flexibility index (Phi) is 15.4. The van der Waals surface area contributed by atoms with Crippen molar-refractivity contribution in [3.63, 3.8) is 0 Å². The second kappa shape index (κ2) is 21.3. The van der Waals surface area contributed by atoms with Gasteiger partial charge in [-0.2, -0.15) is 0 Å². The number of hydrogen-bond donors (Lipinski definition) is 0. The van der Waals surface area contributed by atoms with Gasteiger partial charge in [0.05, 0.1) is 66.1 Å². The van der Waals surface area contributed by atoms with E-state index in [2.05, 4.69) is 20.8 Å². The second-order valence-electron chi connectivity index (χ2n) is 16.6. The first-order valence-corrected chi connectivity index (χ1v) is 22.8. The minimum atomic E-state index is -0.336. The zero-order valence-corrected chi connectivity index (χ0v) is 40.1. The summed E-state index contributed by atoms with van der Waals surface area (Å²) in [6.07, 6.45) is 1.45. The van der Waals surface area contributed by atoms with E-state index in [0.29, 0.717) is 45.6 Å². The summed E-state index contributed by atoms with van der Waals surface area (Å²) in [7, 11) is 6.49. The van der Waals surface area contributed by atoms with Gasteiger partial charge < -0.3 is 38.2 Å². The first-order chi connectivity index (χ1) is 31.8. The molecule has 2 amide bonds. The van der Waals surface area contributed by atoms with Gasteiger partial charge in [-0.1, -0.05) is 68.2 Å². The molecule has 3 atom stereocenters. The highest BCUT2D eigenvalue weighted by atomic mass is 35.5. The molecule has 12 heteroatoms. The van der Waals surface area contributed by atoms with Crippen molar-refractivity contribution in [3.8, 4) is 34.5 Å². The van der Waals surface area contributed by atoms with Crippen LogP contribution in [0.4, 0.5) is 11.4 Å². The van der Waals surface area contributed by atoms with Crippen molar-refractivity contribution >= 4 is 46.4 Å². The Morgan fingerprint density at radius 3 is 1.33 bits per heavy atom. The van der Waals surface area contributed by atoms with Gasteiger partial charge in [0.25, 0.3) is 0 Å². The lowest BCUT2D eigenvalue weighted by atomic mass is 9.86. The number of carbonyl (C=O) groups excluding carboxylic acids is 2. The van der Waals surface area contributed by atoms with Gasteiger partial charge in [-0.05, 0) is 150 Å². The maximum absolute atomic E-state index is 13.5. The molecule has 0 radical (unpaired) electrons. The molecular weight excluding hydrogens is 876 g/mol. The number of nitrogens with zero attached hydrogens (tertiary/aromatic N) is 2. The Morgan fingerprint density at radius 2 is 0.955 bits per heavy atom. The van der Waals surface area contributed by atoms with Crippen molar-refractivity contribution in [3.05, 3.63) is 165 Å². The number of anilines is 2. The minimum Gasteiger partial charge on any atom is -0.497 e. The third-order valence-electron chi connectivity index (χ3n) is 11.7. The van der Waals surface area contributed by atoms with Gasteiger partial charge in [0.1, 0.15) is 11.5 Å². The van der Waals surface area contributed by atoms with E-state index in [-0.39, 0.29) is 42.8 Å². The highest BCUT2D eigenvalue weighted by Crippen LogP contribution is 2.46. The third-order valence-corrected chi connectivity index (χ3v) is 12.2. The van der Waals surface area contributed by atoms with E-state index < -0.39 is 0 Å². The number of fused-ring (bicyclic) bond motifs is 2. The molecule has 8 rings (SSSR count). The van der Waals surface area contributed by atoms with Crippen molar-refractivity contribution in [2.45, 2.75) is 65.1 Å². The fraction of sp³-hybridized carbons (Fsp3) is 0.296. The SMILES string of the molecule is CCC(C)Oc1cc2c(cc1OC)CC(=O)N(c1ccc(OC)cc1)C2c1ccc(Cl)cc1.COc1ccc(N2C(=O)Cc3cc(OC)c(OCC(C)C)cc3C2c2ccc(Cl)cc2)cc1. The molecule has 0 N–H and O–H groups in total. The Hall–Kier alpha value is -6.36. The van der Waals surface area contributed by atoms with E-state index in [4.69, 9.17) is 51.6 Å². The van der Waals surface area contributed by atoms with Crippen LogP contribution in [0.15, 0.2) is 121 Å². The molecular formula is C54H56Cl2N2O8. The van der Waals surface area contributed by atoms with Crippen molar-refractivity contribution in [2.75, 3.05) is 44.8 Å². The van der Waals surface area contributed by atoms with E-state index in [1.54, 1.807) is 28.4 Å².